The van der Waals surface area contributed by atoms with Crippen molar-refractivity contribution in [3.8, 4) is 0 Å². The van der Waals surface area contributed by atoms with Crippen molar-refractivity contribution in [1.29, 1.82) is 0 Å². The van der Waals surface area contributed by atoms with Gasteiger partial charge in [0.15, 0.2) is 0 Å². The molecule has 0 bridgehead atoms. The summed E-state index contributed by atoms with van der Waals surface area (Å²) in [6, 6.07) is 2.03. The summed E-state index contributed by atoms with van der Waals surface area (Å²) in [6.45, 7) is 7.51. The van der Waals surface area contributed by atoms with Crippen LogP contribution in [-0.4, -0.2) is 74.1 Å². The first-order chi connectivity index (χ1) is 18.6. The highest BCUT2D eigenvalue weighted by Crippen LogP contribution is 2.35. The monoisotopic (exact) mass is 584 g/mol. The number of fused-ring (bicyclic) bond motifs is 1. The topological polar surface area (TPSA) is 131 Å². The van der Waals surface area contributed by atoms with Crippen LogP contribution in [0, 0.1) is 18.8 Å². The molecule has 2 saturated carbocycles. The van der Waals surface area contributed by atoms with Crippen LogP contribution in [0.5, 0.6) is 0 Å². The predicted octanol–water partition coefficient (Wildman–Crippen LogP) is 4.38. The number of alkyl halides is 6. The van der Waals surface area contributed by atoms with Crippen molar-refractivity contribution >= 4 is 11.9 Å². The smallest absolute Gasteiger partial charge is 0.475 e. The molecule has 0 spiro atoms. The van der Waals surface area contributed by atoms with Gasteiger partial charge < -0.3 is 19.5 Å². The van der Waals surface area contributed by atoms with Gasteiger partial charge in [0.25, 0.3) is 0 Å². The molecule has 10 nitrogen and oxygen atoms in total. The highest BCUT2D eigenvalue weighted by molar-refractivity contribution is 5.73. The number of hydrogen-bond acceptors (Lipinski definition) is 7. The molecule has 2 fully saturated rings. The highest BCUT2D eigenvalue weighted by atomic mass is 19.4. The number of halogens is 6. The van der Waals surface area contributed by atoms with E-state index in [0.717, 1.165) is 62.7 Å². The number of ether oxygens (including phenoxy) is 1. The number of carboxylic acid groups (broad SMARTS) is 2. The molecule has 0 amide bonds. The van der Waals surface area contributed by atoms with E-state index >= 15 is 0 Å². The maximum absolute atomic E-state index is 10.6. The van der Waals surface area contributed by atoms with E-state index in [2.05, 4.69) is 20.9 Å². The summed E-state index contributed by atoms with van der Waals surface area (Å²) < 4.78 is 77.1. The van der Waals surface area contributed by atoms with Crippen molar-refractivity contribution in [2.24, 2.45) is 11.8 Å². The van der Waals surface area contributed by atoms with E-state index in [1.54, 1.807) is 0 Å². The van der Waals surface area contributed by atoms with Crippen LogP contribution in [0.1, 0.15) is 54.3 Å². The van der Waals surface area contributed by atoms with E-state index in [9.17, 15) is 26.3 Å². The third kappa shape index (κ3) is 10.1. The quantitative estimate of drug-likeness (QED) is 0.434. The van der Waals surface area contributed by atoms with Crippen molar-refractivity contribution in [3.63, 3.8) is 0 Å². The lowest BCUT2D eigenvalue weighted by molar-refractivity contribution is -0.193. The molecule has 0 aromatic carbocycles. The zero-order valence-electron chi connectivity index (χ0n) is 21.5. The first kappa shape index (κ1) is 31.4. The fourth-order valence-electron chi connectivity index (χ4n) is 4.06. The molecular weight excluding hydrogens is 554 g/mol. The second kappa shape index (κ2) is 13.0. The number of aliphatic carboxylic acids is 2. The van der Waals surface area contributed by atoms with Crippen molar-refractivity contribution in [2.45, 2.75) is 70.5 Å². The molecule has 3 aliphatic rings. The van der Waals surface area contributed by atoms with E-state index < -0.39 is 24.3 Å². The third-order valence-corrected chi connectivity index (χ3v) is 6.26. The zero-order valence-corrected chi connectivity index (χ0v) is 21.5. The molecule has 5 rings (SSSR count). The molecule has 3 heterocycles. The van der Waals surface area contributed by atoms with E-state index in [4.69, 9.17) is 34.2 Å². The number of aryl methyl sites for hydroxylation is 1. The normalized spacial score (nSPS) is 19.1. The van der Waals surface area contributed by atoms with Crippen LogP contribution >= 0.6 is 0 Å². The van der Waals surface area contributed by atoms with Crippen molar-refractivity contribution in [3.05, 3.63) is 35.0 Å². The SMILES string of the molecule is Cc1cc(CN2Cc3cnn(CC4CC4)c3C(COCC3CC3)C2)no1.O=C(O)C(F)(F)F.O=C(O)C(F)(F)F. The Hall–Kier alpha value is -3.14. The fourth-order valence-corrected chi connectivity index (χ4v) is 4.06. The Morgan fingerprint density at radius 1 is 1.02 bits per heavy atom. The summed E-state index contributed by atoms with van der Waals surface area (Å²) >= 11 is 0. The summed E-state index contributed by atoms with van der Waals surface area (Å²) in [4.78, 5) is 20.2. The molecule has 0 radical (unpaired) electrons. The molecular formula is C24H30F6N4O6. The zero-order chi connectivity index (χ0) is 29.7. The summed E-state index contributed by atoms with van der Waals surface area (Å²) in [5.41, 5.74) is 3.78. The number of aromatic nitrogens is 3. The maximum atomic E-state index is 10.6. The Morgan fingerprint density at radius 3 is 2.08 bits per heavy atom. The molecule has 40 heavy (non-hydrogen) atoms. The van der Waals surface area contributed by atoms with Gasteiger partial charge in [-0.2, -0.15) is 31.4 Å². The summed E-state index contributed by atoms with van der Waals surface area (Å²) in [5, 5.41) is 23.1. The Labute approximate surface area is 224 Å². The Morgan fingerprint density at radius 2 is 1.60 bits per heavy atom. The molecule has 2 aliphatic carbocycles. The standard InChI is InChI=1S/C20H28N4O2.2C2HF3O2/c1-14-6-19(22-26-14)11-23-9-17-7-21-24(8-15-2-3-15)20(17)18(10-23)13-25-12-16-4-5-16;2*3-2(4,5)1(6)7/h6-7,15-16,18H,2-5,8-13H2,1H3;2*(H,6,7). The maximum Gasteiger partial charge on any atom is 0.490 e. The van der Waals surface area contributed by atoms with Gasteiger partial charge in [-0.15, -0.1) is 0 Å². The minimum absolute atomic E-state index is 0.395. The first-order valence-electron chi connectivity index (χ1n) is 12.5. The van der Waals surface area contributed by atoms with Crippen molar-refractivity contribution < 1.29 is 55.4 Å². The minimum atomic E-state index is -5.08. The number of carbonyl (C=O) groups is 2. The number of carboxylic acids is 2. The van der Waals surface area contributed by atoms with Crippen LogP contribution < -0.4 is 0 Å². The summed E-state index contributed by atoms with van der Waals surface area (Å²) in [7, 11) is 0. The Kier molecular flexibility index (Phi) is 10.2. The van der Waals surface area contributed by atoms with Crippen LogP contribution in [0.15, 0.2) is 16.8 Å². The molecule has 1 aliphatic heterocycles. The number of hydrogen-bond donors (Lipinski definition) is 2. The van der Waals surface area contributed by atoms with Crippen LogP contribution in [0.4, 0.5) is 26.3 Å². The molecule has 1 unspecified atom stereocenters. The lowest BCUT2D eigenvalue weighted by Crippen LogP contribution is -2.36. The van der Waals surface area contributed by atoms with Gasteiger partial charge in [-0.3, -0.25) is 9.58 Å². The van der Waals surface area contributed by atoms with Crippen LogP contribution in [0.2, 0.25) is 0 Å². The molecule has 16 heteroatoms. The van der Waals surface area contributed by atoms with Gasteiger partial charge in [-0.05, 0) is 44.4 Å². The molecule has 0 saturated heterocycles. The van der Waals surface area contributed by atoms with Gasteiger partial charge in [-0.25, -0.2) is 9.59 Å². The van der Waals surface area contributed by atoms with Gasteiger partial charge in [-0.1, -0.05) is 5.16 Å². The molecule has 224 valence electrons. The average Bonchev–Trinajstić information content (AvgIpc) is 3.76. The molecule has 2 N–H and O–H groups in total. The molecule has 2 aromatic heterocycles. The van der Waals surface area contributed by atoms with Crippen LogP contribution in [0.3, 0.4) is 0 Å². The second-order valence-corrected chi connectivity index (χ2v) is 10.1. The van der Waals surface area contributed by atoms with Gasteiger partial charge in [0.1, 0.15) is 5.76 Å². The van der Waals surface area contributed by atoms with Gasteiger partial charge in [0.2, 0.25) is 0 Å². The number of nitrogens with zero attached hydrogens (tertiary/aromatic N) is 4. The highest BCUT2D eigenvalue weighted by Gasteiger charge is 2.39. The van der Waals surface area contributed by atoms with Gasteiger partial charge in [0, 0.05) is 56.0 Å². The lowest BCUT2D eigenvalue weighted by atomic mass is 9.96. The van der Waals surface area contributed by atoms with Crippen molar-refractivity contribution in [1.82, 2.24) is 19.8 Å². The van der Waals surface area contributed by atoms with Gasteiger partial charge in [0.05, 0.1) is 18.5 Å². The fraction of sp³-hybridized carbons (Fsp3) is 0.667. The van der Waals surface area contributed by atoms with E-state index in [1.165, 1.54) is 36.9 Å². The largest absolute Gasteiger partial charge is 0.490 e. The Balaban J connectivity index is 0.000000263. The minimum Gasteiger partial charge on any atom is -0.475 e. The van der Waals surface area contributed by atoms with Crippen molar-refractivity contribution in [2.75, 3.05) is 19.8 Å². The van der Waals surface area contributed by atoms with Crippen LogP contribution in [0.25, 0.3) is 0 Å². The third-order valence-electron chi connectivity index (χ3n) is 6.26. The molecule has 2 aromatic rings. The molecule has 1 atom stereocenters. The van der Waals surface area contributed by atoms with E-state index in [-0.39, 0.29) is 0 Å². The second-order valence-electron chi connectivity index (χ2n) is 10.1. The number of rotatable bonds is 8. The Bertz CT molecular complexity index is 1120. The van der Waals surface area contributed by atoms with Crippen LogP contribution in [-0.2, 0) is 34.0 Å². The predicted molar refractivity (Wildman–Crippen MR) is 124 cm³/mol. The van der Waals surface area contributed by atoms with E-state index in [0.29, 0.717) is 5.92 Å². The lowest BCUT2D eigenvalue weighted by Gasteiger charge is -2.33. The summed E-state index contributed by atoms with van der Waals surface area (Å²) in [5.74, 6) is -2.60. The average molecular weight is 585 g/mol. The van der Waals surface area contributed by atoms with E-state index in [1.807, 2.05) is 13.0 Å². The first-order valence-corrected chi connectivity index (χ1v) is 12.5. The van der Waals surface area contributed by atoms with Gasteiger partial charge >= 0.3 is 24.3 Å². The summed E-state index contributed by atoms with van der Waals surface area (Å²) in [6.07, 6.45) is -2.70.